The van der Waals surface area contributed by atoms with Crippen molar-refractivity contribution in [2.45, 2.75) is 99.8 Å². The lowest BCUT2D eigenvalue weighted by Gasteiger charge is -2.21. The Balaban J connectivity index is 0. The third-order valence-corrected chi connectivity index (χ3v) is 3.76. The molecule has 140 valence electrons. The highest BCUT2D eigenvalue weighted by molar-refractivity contribution is 5.78. The maximum Gasteiger partial charge on any atom is 0.133 e. The predicted molar refractivity (Wildman–Crippen MR) is 105 cm³/mol. The normalized spacial score (nSPS) is 11.0. The van der Waals surface area contributed by atoms with Gasteiger partial charge in [-0.2, -0.15) is 0 Å². The van der Waals surface area contributed by atoms with Crippen molar-refractivity contribution in [3.05, 3.63) is 0 Å². The molecule has 0 aliphatic carbocycles. The van der Waals surface area contributed by atoms with Crippen molar-refractivity contribution < 1.29 is 4.79 Å². The van der Waals surface area contributed by atoms with Crippen LogP contribution in [0.4, 0.5) is 0 Å². The summed E-state index contributed by atoms with van der Waals surface area (Å²) in [5, 5.41) is 0. The summed E-state index contributed by atoms with van der Waals surface area (Å²) in [6.45, 7) is 19.1. The van der Waals surface area contributed by atoms with Crippen LogP contribution >= 0.6 is 0 Å². The Morgan fingerprint density at radius 2 is 1.00 bits per heavy atom. The molecule has 0 spiro atoms. The Bertz CT molecular complexity index is 217. The molecular formula is C21H45NO. The van der Waals surface area contributed by atoms with E-state index in [9.17, 15) is 4.79 Å². The first-order chi connectivity index (χ1) is 10.9. The highest BCUT2D eigenvalue weighted by Crippen LogP contribution is 2.07. The highest BCUT2D eigenvalue weighted by atomic mass is 16.1. The number of ketones is 1. The minimum Gasteiger partial charge on any atom is -0.303 e. The van der Waals surface area contributed by atoms with E-state index in [1.807, 2.05) is 0 Å². The molecule has 0 fully saturated rings. The molecule has 2 nitrogen and oxygen atoms in total. The second-order valence-electron chi connectivity index (χ2n) is 7.64. The fourth-order valence-electron chi connectivity index (χ4n) is 2.47. The van der Waals surface area contributed by atoms with Crippen LogP contribution < -0.4 is 0 Å². The van der Waals surface area contributed by atoms with Crippen molar-refractivity contribution in [1.82, 2.24) is 4.90 Å². The predicted octanol–water partition coefficient (Wildman–Crippen LogP) is 6.34. The second-order valence-corrected chi connectivity index (χ2v) is 7.64. The van der Waals surface area contributed by atoms with Gasteiger partial charge in [-0.3, -0.25) is 4.79 Å². The van der Waals surface area contributed by atoms with E-state index in [1.165, 1.54) is 58.2 Å². The number of Topliss-reactive ketones (excluding diaryl/α,β-unsaturated/α-hetero) is 1. The summed E-state index contributed by atoms with van der Waals surface area (Å²) >= 11 is 0. The molecule has 0 N–H and O–H groups in total. The fourth-order valence-corrected chi connectivity index (χ4v) is 2.47. The van der Waals surface area contributed by atoms with Crippen molar-refractivity contribution in [3.8, 4) is 0 Å². The number of unbranched alkanes of at least 4 members (excludes halogenated alkanes) is 3. The summed E-state index contributed by atoms with van der Waals surface area (Å²) in [5.41, 5.74) is 0. The van der Waals surface area contributed by atoms with Crippen LogP contribution in [0.25, 0.3) is 0 Å². The molecule has 0 atom stereocenters. The summed E-state index contributed by atoms with van der Waals surface area (Å²) < 4.78 is 0. The molecule has 0 rings (SSSR count). The molecule has 0 aromatic carbocycles. The molecule has 0 unspecified atom stereocenters. The number of hydrogen-bond acceptors (Lipinski definition) is 2. The van der Waals surface area contributed by atoms with Crippen LogP contribution in [-0.4, -0.2) is 30.3 Å². The number of nitrogens with zero attached hydrogens (tertiary/aromatic N) is 1. The molecule has 0 amide bonds. The molecule has 0 heterocycles. The number of carbonyl (C=O) groups excluding carboxylic acids is 1. The highest BCUT2D eigenvalue weighted by Gasteiger charge is 2.06. The van der Waals surface area contributed by atoms with E-state index in [2.05, 4.69) is 53.4 Å². The summed E-state index contributed by atoms with van der Waals surface area (Å²) in [6.07, 6.45) is 9.59. The SMILES string of the molecule is CC(C)CC(=O)CC(C)C.CCCCN(CCCC)CCCC. The van der Waals surface area contributed by atoms with Gasteiger partial charge in [-0.15, -0.1) is 0 Å². The molecule has 2 heteroatoms. The summed E-state index contributed by atoms with van der Waals surface area (Å²) in [5.74, 6) is 1.45. The molecule has 0 saturated carbocycles. The molecule has 0 aliphatic heterocycles. The van der Waals surface area contributed by atoms with E-state index in [1.54, 1.807) is 0 Å². The third-order valence-electron chi connectivity index (χ3n) is 3.76. The Hall–Kier alpha value is -0.370. The number of rotatable bonds is 13. The standard InChI is InChI=1S/C12H27N.C9H18O/c1-4-7-10-13(11-8-5-2)12-9-6-3;1-7(2)5-9(10)6-8(3)4/h4-12H2,1-3H3;7-8H,5-6H2,1-4H3. The molecule has 23 heavy (non-hydrogen) atoms. The van der Waals surface area contributed by atoms with Crippen LogP contribution in [0.15, 0.2) is 0 Å². The van der Waals surface area contributed by atoms with Gasteiger partial charge in [0.25, 0.3) is 0 Å². The first kappa shape index (κ1) is 24.9. The van der Waals surface area contributed by atoms with Crippen LogP contribution in [0.1, 0.15) is 99.8 Å². The summed E-state index contributed by atoms with van der Waals surface area (Å²) in [4.78, 5) is 13.7. The molecule has 0 aromatic rings. The first-order valence-electron chi connectivity index (χ1n) is 10.1. The van der Waals surface area contributed by atoms with Crippen molar-refractivity contribution in [1.29, 1.82) is 0 Å². The minimum atomic E-state index is 0.407. The quantitative estimate of drug-likeness (QED) is 0.393. The second kappa shape index (κ2) is 18.0. The van der Waals surface area contributed by atoms with E-state index < -0.39 is 0 Å². The average molecular weight is 328 g/mol. The van der Waals surface area contributed by atoms with Gasteiger partial charge in [-0.05, 0) is 50.7 Å². The third kappa shape index (κ3) is 21.6. The van der Waals surface area contributed by atoms with Gasteiger partial charge in [0.05, 0.1) is 0 Å². The summed E-state index contributed by atoms with van der Waals surface area (Å²) in [7, 11) is 0. The van der Waals surface area contributed by atoms with E-state index in [0.717, 1.165) is 12.8 Å². The minimum absolute atomic E-state index is 0.407. The van der Waals surface area contributed by atoms with Crippen LogP contribution in [0.5, 0.6) is 0 Å². The molecule has 0 radical (unpaired) electrons. The van der Waals surface area contributed by atoms with E-state index >= 15 is 0 Å². The lowest BCUT2D eigenvalue weighted by atomic mass is 10.00. The van der Waals surface area contributed by atoms with Gasteiger partial charge in [0, 0.05) is 12.8 Å². The Labute approximate surface area is 147 Å². The average Bonchev–Trinajstić information content (AvgIpc) is 2.45. The van der Waals surface area contributed by atoms with Gasteiger partial charge in [0.15, 0.2) is 0 Å². The molecular weight excluding hydrogens is 282 g/mol. The summed E-state index contributed by atoms with van der Waals surface area (Å²) in [6, 6.07) is 0. The Kier molecular flexibility index (Phi) is 19.4. The van der Waals surface area contributed by atoms with Crippen LogP contribution in [-0.2, 0) is 4.79 Å². The van der Waals surface area contributed by atoms with Gasteiger partial charge in [-0.1, -0.05) is 67.7 Å². The monoisotopic (exact) mass is 327 g/mol. The van der Waals surface area contributed by atoms with Crippen LogP contribution in [0.3, 0.4) is 0 Å². The molecule has 0 bridgehead atoms. The van der Waals surface area contributed by atoms with Gasteiger partial charge in [-0.25, -0.2) is 0 Å². The zero-order valence-electron chi connectivity index (χ0n) is 17.3. The number of carbonyl (C=O) groups is 1. The van der Waals surface area contributed by atoms with Crippen molar-refractivity contribution in [2.24, 2.45) is 11.8 Å². The zero-order chi connectivity index (χ0) is 18.1. The van der Waals surface area contributed by atoms with Crippen LogP contribution in [0, 0.1) is 11.8 Å². The van der Waals surface area contributed by atoms with Crippen molar-refractivity contribution in [2.75, 3.05) is 19.6 Å². The molecule has 0 saturated heterocycles. The van der Waals surface area contributed by atoms with Crippen LogP contribution in [0.2, 0.25) is 0 Å². The lowest BCUT2D eigenvalue weighted by molar-refractivity contribution is -0.120. The maximum atomic E-state index is 11.1. The van der Waals surface area contributed by atoms with Crippen molar-refractivity contribution >= 4 is 5.78 Å². The van der Waals surface area contributed by atoms with E-state index in [4.69, 9.17) is 0 Å². The smallest absolute Gasteiger partial charge is 0.133 e. The topological polar surface area (TPSA) is 20.3 Å². The van der Waals surface area contributed by atoms with E-state index in [0.29, 0.717) is 17.6 Å². The molecule has 0 aliphatic rings. The Morgan fingerprint density at radius 1 is 0.696 bits per heavy atom. The largest absolute Gasteiger partial charge is 0.303 e. The molecule has 0 aromatic heterocycles. The zero-order valence-corrected chi connectivity index (χ0v) is 17.3. The lowest BCUT2D eigenvalue weighted by Crippen LogP contribution is -2.27. The van der Waals surface area contributed by atoms with Gasteiger partial charge >= 0.3 is 0 Å². The van der Waals surface area contributed by atoms with Gasteiger partial charge in [0.1, 0.15) is 5.78 Å². The fraction of sp³-hybridized carbons (Fsp3) is 0.952. The number of hydrogen-bond donors (Lipinski definition) is 0. The van der Waals surface area contributed by atoms with Gasteiger partial charge in [0.2, 0.25) is 0 Å². The maximum absolute atomic E-state index is 11.1. The Morgan fingerprint density at radius 3 is 1.22 bits per heavy atom. The van der Waals surface area contributed by atoms with Crippen molar-refractivity contribution in [3.63, 3.8) is 0 Å². The first-order valence-corrected chi connectivity index (χ1v) is 10.1. The van der Waals surface area contributed by atoms with Gasteiger partial charge < -0.3 is 4.90 Å². The van der Waals surface area contributed by atoms with E-state index in [-0.39, 0.29) is 0 Å².